The molecule has 1 rings (SSSR count). The fraction of sp³-hybridized carbons (Fsp3) is 0.611. The Hall–Kier alpha value is -0.860. The van der Waals surface area contributed by atoms with Gasteiger partial charge in [-0.3, -0.25) is 0 Å². The second-order valence-electron chi connectivity index (χ2n) is 6.52. The van der Waals surface area contributed by atoms with Gasteiger partial charge in [0, 0.05) is 26.7 Å². The molecular formula is C18H33IN4O. The Bertz CT molecular complexity index is 504. The molecule has 0 aliphatic carbocycles. The molecule has 1 aromatic rings. The number of guanidine groups is 1. The van der Waals surface area contributed by atoms with E-state index in [1.54, 1.807) is 7.11 Å². The van der Waals surface area contributed by atoms with Gasteiger partial charge < -0.3 is 20.3 Å². The Morgan fingerprint density at radius 1 is 1.17 bits per heavy atom. The van der Waals surface area contributed by atoms with Crippen LogP contribution in [0.1, 0.15) is 31.9 Å². The second-order valence-corrected chi connectivity index (χ2v) is 6.52. The van der Waals surface area contributed by atoms with Crippen molar-refractivity contribution in [1.82, 2.24) is 15.5 Å². The Balaban J connectivity index is 0.00000529. The van der Waals surface area contributed by atoms with E-state index in [1.807, 2.05) is 0 Å². The van der Waals surface area contributed by atoms with Crippen LogP contribution in [0, 0.1) is 0 Å². The van der Waals surface area contributed by atoms with Gasteiger partial charge in [-0.05, 0) is 46.0 Å². The van der Waals surface area contributed by atoms with E-state index in [9.17, 15) is 0 Å². The van der Waals surface area contributed by atoms with Gasteiger partial charge in [0.05, 0.1) is 12.1 Å². The van der Waals surface area contributed by atoms with Crippen molar-refractivity contribution in [3.05, 3.63) is 35.4 Å². The van der Waals surface area contributed by atoms with Gasteiger partial charge in [-0.1, -0.05) is 24.3 Å². The van der Waals surface area contributed by atoms with Gasteiger partial charge in [-0.15, -0.1) is 24.0 Å². The summed E-state index contributed by atoms with van der Waals surface area (Å²) in [4.78, 5) is 6.88. The zero-order valence-electron chi connectivity index (χ0n) is 15.8. The number of hydrogen-bond donors (Lipinski definition) is 2. The third kappa shape index (κ3) is 8.84. The van der Waals surface area contributed by atoms with Gasteiger partial charge in [0.1, 0.15) is 0 Å². The maximum absolute atomic E-state index is 5.44. The lowest BCUT2D eigenvalue weighted by Crippen LogP contribution is -2.45. The number of halogens is 1. The first-order valence-corrected chi connectivity index (χ1v) is 8.17. The molecule has 0 unspecified atom stereocenters. The molecule has 0 fully saturated rings. The highest BCUT2D eigenvalue weighted by Gasteiger charge is 2.16. The first kappa shape index (κ1) is 23.1. The minimum Gasteiger partial charge on any atom is -0.377 e. The van der Waals surface area contributed by atoms with Crippen LogP contribution in [-0.4, -0.2) is 50.8 Å². The number of benzene rings is 1. The summed E-state index contributed by atoms with van der Waals surface area (Å²) < 4.78 is 5.44. The zero-order valence-corrected chi connectivity index (χ0v) is 18.2. The van der Waals surface area contributed by atoms with Crippen LogP contribution in [0.25, 0.3) is 0 Å². The molecule has 0 radical (unpaired) electrons. The van der Waals surface area contributed by atoms with E-state index in [4.69, 9.17) is 9.73 Å². The first-order chi connectivity index (χ1) is 10.9. The van der Waals surface area contributed by atoms with E-state index in [-0.39, 0.29) is 29.6 Å². The van der Waals surface area contributed by atoms with Crippen molar-refractivity contribution in [3.8, 4) is 0 Å². The average Bonchev–Trinajstić information content (AvgIpc) is 2.51. The van der Waals surface area contributed by atoms with E-state index in [2.05, 4.69) is 74.7 Å². The molecule has 138 valence electrons. The number of methoxy groups -OCH3 is 1. The molecule has 0 bridgehead atoms. The molecule has 0 aliphatic heterocycles. The number of rotatable bonds is 8. The van der Waals surface area contributed by atoms with E-state index in [0.717, 1.165) is 19.0 Å². The summed E-state index contributed by atoms with van der Waals surface area (Å²) in [6.45, 7) is 9.29. The van der Waals surface area contributed by atoms with Crippen molar-refractivity contribution in [3.63, 3.8) is 0 Å². The molecule has 0 aromatic heterocycles. The molecule has 0 atom stereocenters. The van der Waals surface area contributed by atoms with Crippen LogP contribution < -0.4 is 10.6 Å². The molecule has 1 aromatic carbocycles. The highest BCUT2D eigenvalue weighted by molar-refractivity contribution is 14.0. The zero-order chi connectivity index (χ0) is 17.3. The van der Waals surface area contributed by atoms with Crippen LogP contribution in [0.5, 0.6) is 0 Å². The Labute approximate surface area is 164 Å². The van der Waals surface area contributed by atoms with Crippen LogP contribution in [0.3, 0.4) is 0 Å². The molecule has 0 spiro atoms. The summed E-state index contributed by atoms with van der Waals surface area (Å²) in [6, 6.07) is 8.46. The molecule has 0 heterocycles. The van der Waals surface area contributed by atoms with Crippen LogP contribution in [0.15, 0.2) is 29.3 Å². The maximum Gasteiger partial charge on any atom is 0.191 e. The van der Waals surface area contributed by atoms with Crippen LogP contribution in [-0.2, 0) is 17.8 Å². The lowest BCUT2D eigenvalue weighted by molar-refractivity contribution is 0.0268. The smallest absolute Gasteiger partial charge is 0.191 e. The van der Waals surface area contributed by atoms with Gasteiger partial charge >= 0.3 is 0 Å². The minimum atomic E-state index is -0.223. The summed E-state index contributed by atoms with van der Waals surface area (Å²) in [6.07, 6.45) is 0. The molecule has 0 amide bonds. The summed E-state index contributed by atoms with van der Waals surface area (Å²) in [5, 5.41) is 6.63. The van der Waals surface area contributed by atoms with Gasteiger partial charge in [0.25, 0.3) is 0 Å². The number of ether oxygens (including phenoxy) is 1. The molecule has 2 N–H and O–H groups in total. The van der Waals surface area contributed by atoms with Gasteiger partial charge in [-0.25, -0.2) is 4.99 Å². The van der Waals surface area contributed by atoms with Gasteiger partial charge in [0.2, 0.25) is 0 Å². The summed E-state index contributed by atoms with van der Waals surface area (Å²) >= 11 is 0. The van der Waals surface area contributed by atoms with Gasteiger partial charge in [0.15, 0.2) is 5.96 Å². The standard InChI is InChI=1S/C18H32N4O.HI/c1-7-19-17(21-14-18(2,3)23-6)20-12-15-10-8-9-11-16(15)13-22(4)5;/h8-11H,7,12-14H2,1-6H3,(H2,19,20,21);1H. The highest BCUT2D eigenvalue weighted by Crippen LogP contribution is 2.12. The average molecular weight is 448 g/mol. The molecule has 0 saturated heterocycles. The number of aliphatic imine (C=N–C) groups is 1. The minimum absolute atomic E-state index is 0. The Morgan fingerprint density at radius 3 is 2.33 bits per heavy atom. The van der Waals surface area contributed by atoms with E-state index >= 15 is 0 Å². The van der Waals surface area contributed by atoms with E-state index in [1.165, 1.54) is 11.1 Å². The van der Waals surface area contributed by atoms with Crippen molar-refractivity contribution < 1.29 is 4.74 Å². The number of nitrogens with zero attached hydrogens (tertiary/aromatic N) is 2. The quantitative estimate of drug-likeness (QED) is 0.365. The summed E-state index contributed by atoms with van der Waals surface area (Å²) in [7, 11) is 5.89. The first-order valence-electron chi connectivity index (χ1n) is 8.17. The monoisotopic (exact) mass is 448 g/mol. The normalized spacial score (nSPS) is 12.0. The molecule has 0 aliphatic rings. The Morgan fingerprint density at radius 2 is 1.79 bits per heavy atom. The summed E-state index contributed by atoms with van der Waals surface area (Å²) in [5.41, 5.74) is 2.35. The lowest BCUT2D eigenvalue weighted by Gasteiger charge is -2.24. The third-order valence-corrected chi connectivity index (χ3v) is 3.59. The highest BCUT2D eigenvalue weighted by atomic mass is 127. The molecule has 6 heteroatoms. The predicted octanol–water partition coefficient (Wildman–Crippen LogP) is 2.85. The van der Waals surface area contributed by atoms with Gasteiger partial charge in [-0.2, -0.15) is 0 Å². The fourth-order valence-electron chi connectivity index (χ4n) is 2.08. The molecule has 24 heavy (non-hydrogen) atoms. The van der Waals surface area contributed by atoms with E-state index < -0.39 is 0 Å². The van der Waals surface area contributed by atoms with Crippen molar-refractivity contribution in [2.24, 2.45) is 4.99 Å². The van der Waals surface area contributed by atoms with Crippen molar-refractivity contribution in [2.75, 3.05) is 34.3 Å². The molecule has 0 saturated carbocycles. The predicted molar refractivity (Wildman–Crippen MR) is 113 cm³/mol. The second kappa shape index (κ2) is 11.7. The summed E-state index contributed by atoms with van der Waals surface area (Å²) in [5.74, 6) is 0.817. The number of nitrogens with one attached hydrogen (secondary N) is 2. The topological polar surface area (TPSA) is 48.9 Å². The van der Waals surface area contributed by atoms with Crippen LogP contribution >= 0.6 is 24.0 Å². The molecular weight excluding hydrogens is 415 g/mol. The lowest BCUT2D eigenvalue weighted by atomic mass is 10.1. The van der Waals surface area contributed by atoms with Crippen LogP contribution in [0.2, 0.25) is 0 Å². The maximum atomic E-state index is 5.44. The largest absolute Gasteiger partial charge is 0.377 e. The van der Waals surface area contributed by atoms with Crippen molar-refractivity contribution in [1.29, 1.82) is 0 Å². The molecule has 5 nitrogen and oxygen atoms in total. The SMILES string of the molecule is CCNC(=NCc1ccccc1CN(C)C)NCC(C)(C)OC.I. The van der Waals surface area contributed by atoms with Crippen molar-refractivity contribution >= 4 is 29.9 Å². The van der Waals surface area contributed by atoms with Crippen molar-refractivity contribution in [2.45, 2.75) is 39.5 Å². The van der Waals surface area contributed by atoms with E-state index in [0.29, 0.717) is 13.1 Å². The number of hydrogen-bond acceptors (Lipinski definition) is 3. The Kier molecular flexibility index (Phi) is 11.2. The third-order valence-electron chi connectivity index (χ3n) is 3.59. The van der Waals surface area contributed by atoms with Crippen LogP contribution in [0.4, 0.5) is 0 Å². The fourth-order valence-corrected chi connectivity index (χ4v) is 2.08.